The molecule has 112 valence electrons. The summed E-state index contributed by atoms with van der Waals surface area (Å²) in [5.74, 6) is 0. The molecule has 1 fully saturated rings. The quantitative estimate of drug-likeness (QED) is 0.598. The van der Waals surface area contributed by atoms with Crippen molar-refractivity contribution in [3.8, 4) is 0 Å². The molecule has 1 aromatic carbocycles. The number of ether oxygens (including phenoxy) is 2. The van der Waals surface area contributed by atoms with Crippen LogP contribution in [0.5, 0.6) is 0 Å². The van der Waals surface area contributed by atoms with Gasteiger partial charge < -0.3 is 29.9 Å². The molecule has 0 aromatic heterocycles. The predicted molar refractivity (Wildman–Crippen MR) is 69.7 cm³/mol. The van der Waals surface area contributed by atoms with E-state index in [0.29, 0.717) is 0 Å². The second-order valence-corrected chi connectivity index (χ2v) is 4.89. The SMILES string of the molecule is CC(O[C@H]1O[C@H](CO)[C@H](O)[C@H](O)[C@H]1O)c1ccccc1. The van der Waals surface area contributed by atoms with Gasteiger partial charge in [-0.05, 0) is 12.5 Å². The first kappa shape index (κ1) is 15.4. The minimum absolute atomic E-state index is 0.363. The Morgan fingerprint density at radius 1 is 1.10 bits per heavy atom. The van der Waals surface area contributed by atoms with Crippen molar-refractivity contribution in [2.45, 2.75) is 43.7 Å². The summed E-state index contributed by atoms with van der Waals surface area (Å²) >= 11 is 0. The van der Waals surface area contributed by atoms with E-state index in [1.54, 1.807) is 6.92 Å². The number of benzene rings is 1. The third kappa shape index (κ3) is 3.17. The highest BCUT2D eigenvalue weighted by atomic mass is 16.7. The number of hydrogen-bond donors (Lipinski definition) is 4. The first-order valence-electron chi connectivity index (χ1n) is 6.55. The number of aliphatic hydroxyl groups excluding tert-OH is 4. The zero-order valence-corrected chi connectivity index (χ0v) is 11.2. The number of hydrogen-bond acceptors (Lipinski definition) is 6. The van der Waals surface area contributed by atoms with Crippen LogP contribution in [0.4, 0.5) is 0 Å². The van der Waals surface area contributed by atoms with Crippen LogP contribution in [-0.4, -0.2) is 57.7 Å². The van der Waals surface area contributed by atoms with Crippen LogP contribution in [0, 0.1) is 0 Å². The third-order valence-electron chi connectivity index (χ3n) is 3.46. The largest absolute Gasteiger partial charge is 0.394 e. The molecule has 0 aliphatic carbocycles. The van der Waals surface area contributed by atoms with Gasteiger partial charge in [0.15, 0.2) is 6.29 Å². The first-order valence-corrected chi connectivity index (χ1v) is 6.55. The second-order valence-electron chi connectivity index (χ2n) is 4.89. The van der Waals surface area contributed by atoms with Crippen LogP contribution in [-0.2, 0) is 9.47 Å². The van der Waals surface area contributed by atoms with E-state index >= 15 is 0 Å². The summed E-state index contributed by atoms with van der Waals surface area (Å²) in [7, 11) is 0. The van der Waals surface area contributed by atoms with Crippen molar-refractivity contribution < 1.29 is 29.9 Å². The average molecular weight is 284 g/mol. The van der Waals surface area contributed by atoms with Gasteiger partial charge in [-0.25, -0.2) is 0 Å². The molecule has 0 radical (unpaired) electrons. The zero-order valence-electron chi connectivity index (χ0n) is 11.2. The van der Waals surface area contributed by atoms with E-state index in [9.17, 15) is 15.3 Å². The van der Waals surface area contributed by atoms with E-state index in [0.717, 1.165) is 5.56 Å². The fraction of sp³-hybridized carbons (Fsp3) is 0.571. The Bertz CT molecular complexity index is 409. The van der Waals surface area contributed by atoms with Crippen LogP contribution in [0.2, 0.25) is 0 Å². The van der Waals surface area contributed by atoms with Gasteiger partial charge in [-0.3, -0.25) is 0 Å². The van der Waals surface area contributed by atoms with Gasteiger partial charge in [0.1, 0.15) is 24.4 Å². The molecule has 1 heterocycles. The third-order valence-corrected chi connectivity index (χ3v) is 3.46. The monoisotopic (exact) mass is 284 g/mol. The molecule has 6 atom stereocenters. The summed E-state index contributed by atoms with van der Waals surface area (Å²) in [5.41, 5.74) is 0.893. The Labute approximate surface area is 117 Å². The van der Waals surface area contributed by atoms with Crippen molar-refractivity contribution in [1.82, 2.24) is 0 Å². The second kappa shape index (κ2) is 6.62. The highest BCUT2D eigenvalue weighted by molar-refractivity contribution is 5.16. The lowest BCUT2D eigenvalue weighted by Crippen LogP contribution is -2.59. The van der Waals surface area contributed by atoms with Crippen LogP contribution in [0.25, 0.3) is 0 Å². The molecule has 0 saturated carbocycles. The van der Waals surface area contributed by atoms with Crippen molar-refractivity contribution in [3.05, 3.63) is 35.9 Å². The standard InChI is InChI=1S/C14H20O6/c1-8(9-5-3-2-4-6-9)19-14-13(18)12(17)11(16)10(7-15)20-14/h2-6,8,10-18H,7H2,1H3/t8?,10-,11+,12+,13-,14+/m1/s1. The van der Waals surface area contributed by atoms with Gasteiger partial charge in [0, 0.05) is 0 Å². The van der Waals surface area contributed by atoms with Crippen LogP contribution < -0.4 is 0 Å². The maximum Gasteiger partial charge on any atom is 0.187 e. The van der Waals surface area contributed by atoms with Crippen LogP contribution >= 0.6 is 0 Å². The summed E-state index contributed by atoms with van der Waals surface area (Å²) in [4.78, 5) is 0. The summed E-state index contributed by atoms with van der Waals surface area (Å²) in [6.45, 7) is 1.32. The topological polar surface area (TPSA) is 99.4 Å². The number of rotatable bonds is 4. The lowest BCUT2D eigenvalue weighted by Gasteiger charge is -2.40. The summed E-state index contributed by atoms with van der Waals surface area (Å²) in [5, 5.41) is 38.3. The molecule has 2 rings (SSSR count). The predicted octanol–water partition coefficient (Wildman–Crippen LogP) is -0.436. The molecule has 1 aromatic rings. The molecule has 1 aliphatic heterocycles. The molecule has 0 amide bonds. The minimum Gasteiger partial charge on any atom is -0.394 e. The van der Waals surface area contributed by atoms with Crippen LogP contribution in [0.1, 0.15) is 18.6 Å². The van der Waals surface area contributed by atoms with E-state index in [4.69, 9.17) is 14.6 Å². The fourth-order valence-electron chi connectivity index (χ4n) is 2.18. The van der Waals surface area contributed by atoms with Gasteiger partial charge in [0.2, 0.25) is 0 Å². The molecule has 6 nitrogen and oxygen atoms in total. The van der Waals surface area contributed by atoms with Crippen LogP contribution in [0.3, 0.4) is 0 Å². The van der Waals surface area contributed by atoms with Gasteiger partial charge in [0.05, 0.1) is 12.7 Å². The van der Waals surface area contributed by atoms with E-state index < -0.39 is 37.3 Å². The van der Waals surface area contributed by atoms with E-state index in [1.165, 1.54) is 0 Å². The molecule has 20 heavy (non-hydrogen) atoms. The summed E-state index contributed by atoms with van der Waals surface area (Å²) < 4.78 is 10.9. The van der Waals surface area contributed by atoms with Crippen molar-refractivity contribution in [2.24, 2.45) is 0 Å². The van der Waals surface area contributed by atoms with Crippen molar-refractivity contribution in [3.63, 3.8) is 0 Å². The van der Waals surface area contributed by atoms with Crippen LogP contribution in [0.15, 0.2) is 30.3 Å². The summed E-state index contributed by atoms with van der Waals surface area (Å²) in [6, 6.07) is 9.35. The molecule has 0 spiro atoms. The Hall–Kier alpha value is -1.02. The van der Waals surface area contributed by atoms with Gasteiger partial charge in [-0.2, -0.15) is 0 Å². The van der Waals surface area contributed by atoms with Gasteiger partial charge >= 0.3 is 0 Å². The Morgan fingerprint density at radius 3 is 2.35 bits per heavy atom. The van der Waals surface area contributed by atoms with Crippen molar-refractivity contribution in [1.29, 1.82) is 0 Å². The highest BCUT2D eigenvalue weighted by Crippen LogP contribution is 2.26. The number of aliphatic hydroxyl groups is 4. The van der Waals surface area contributed by atoms with E-state index in [-0.39, 0.29) is 6.10 Å². The molecule has 0 bridgehead atoms. The lowest BCUT2D eigenvalue weighted by atomic mass is 9.99. The van der Waals surface area contributed by atoms with Gasteiger partial charge in [-0.15, -0.1) is 0 Å². The smallest absolute Gasteiger partial charge is 0.187 e. The van der Waals surface area contributed by atoms with Crippen molar-refractivity contribution in [2.75, 3.05) is 6.61 Å². The van der Waals surface area contributed by atoms with E-state index in [1.807, 2.05) is 30.3 Å². The molecule has 1 aliphatic rings. The molecule has 4 N–H and O–H groups in total. The Balaban J connectivity index is 2.04. The molecule has 6 heteroatoms. The maximum absolute atomic E-state index is 9.88. The van der Waals surface area contributed by atoms with Gasteiger partial charge in [-0.1, -0.05) is 30.3 Å². The molecule has 1 unspecified atom stereocenters. The molecular weight excluding hydrogens is 264 g/mol. The van der Waals surface area contributed by atoms with E-state index in [2.05, 4.69) is 0 Å². The lowest BCUT2D eigenvalue weighted by molar-refractivity contribution is -0.311. The summed E-state index contributed by atoms with van der Waals surface area (Å²) in [6.07, 6.45) is -6.60. The average Bonchev–Trinajstić information content (AvgIpc) is 2.48. The Morgan fingerprint density at radius 2 is 1.75 bits per heavy atom. The molecular formula is C14H20O6. The Kier molecular flexibility index (Phi) is 5.09. The molecule has 1 saturated heterocycles. The fourth-order valence-corrected chi connectivity index (χ4v) is 2.18. The minimum atomic E-state index is -1.42. The normalized spacial score (nSPS) is 35.8. The maximum atomic E-state index is 9.88. The van der Waals surface area contributed by atoms with Gasteiger partial charge in [0.25, 0.3) is 0 Å². The van der Waals surface area contributed by atoms with Crippen molar-refractivity contribution >= 4 is 0 Å². The first-order chi connectivity index (χ1) is 9.54. The highest BCUT2D eigenvalue weighted by Gasteiger charge is 2.44. The zero-order chi connectivity index (χ0) is 14.7.